The summed E-state index contributed by atoms with van der Waals surface area (Å²) in [4.78, 5) is 23.0. The van der Waals surface area contributed by atoms with Crippen LogP contribution < -0.4 is 0 Å². The van der Waals surface area contributed by atoms with Crippen molar-refractivity contribution in [2.75, 3.05) is 0 Å². The summed E-state index contributed by atoms with van der Waals surface area (Å²) in [6.45, 7) is 0. The molecule has 0 aliphatic rings. The molecular weight excluding hydrogens is 320 g/mol. The number of alkyl halides is 1. The molecule has 2 aromatic rings. The Balaban J connectivity index is 2.31. The third-order valence-electron chi connectivity index (χ3n) is 3.03. The monoisotopic (exact) mass is 332 g/mol. The van der Waals surface area contributed by atoms with E-state index < -0.39 is 16.7 Å². The maximum absolute atomic E-state index is 12.4. The summed E-state index contributed by atoms with van der Waals surface area (Å²) in [5.74, 6) is -2.17. The van der Waals surface area contributed by atoms with Crippen LogP contribution in [0.5, 0.6) is 0 Å². The van der Waals surface area contributed by atoms with Gasteiger partial charge in [0.2, 0.25) is 0 Å². The number of rotatable bonds is 5. The number of hydrogen-bond acceptors (Lipinski definition) is 2. The first-order valence-corrected chi connectivity index (χ1v) is 7.04. The summed E-state index contributed by atoms with van der Waals surface area (Å²) in [6.07, 6.45) is 0. The third kappa shape index (κ3) is 3.14. The average Bonchev–Trinajstić information content (AvgIpc) is 2.48. The Morgan fingerprint density at radius 1 is 0.900 bits per heavy atom. The van der Waals surface area contributed by atoms with E-state index in [2.05, 4.69) is 15.9 Å². The fourth-order valence-electron chi connectivity index (χ4n) is 2.01. The normalized spacial score (nSPS) is 13.4. The lowest BCUT2D eigenvalue weighted by Gasteiger charge is -2.18. The SMILES string of the molecule is O=C(c1ccccc1)[C@@H](Br)[C@@H](C(=O)O)c1ccccc1. The molecule has 2 aromatic carbocycles. The lowest BCUT2D eigenvalue weighted by Crippen LogP contribution is -2.28. The van der Waals surface area contributed by atoms with Crippen LogP contribution in [0.3, 0.4) is 0 Å². The number of aliphatic carboxylic acids is 1. The lowest BCUT2D eigenvalue weighted by atomic mass is 9.91. The Kier molecular flexibility index (Phi) is 4.69. The second-order valence-electron chi connectivity index (χ2n) is 4.36. The van der Waals surface area contributed by atoms with Gasteiger partial charge in [-0.05, 0) is 5.56 Å². The van der Waals surface area contributed by atoms with Crippen molar-refractivity contribution < 1.29 is 14.7 Å². The van der Waals surface area contributed by atoms with Crippen LogP contribution in [0.2, 0.25) is 0 Å². The molecule has 0 bridgehead atoms. The molecule has 2 atom stereocenters. The van der Waals surface area contributed by atoms with Crippen molar-refractivity contribution in [1.82, 2.24) is 0 Å². The Morgan fingerprint density at radius 3 is 1.90 bits per heavy atom. The van der Waals surface area contributed by atoms with Gasteiger partial charge in [-0.15, -0.1) is 0 Å². The van der Waals surface area contributed by atoms with Gasteiger partial charge in [0.1, 0.15) is 5.92 Å². The van der Waals surface area contributed by atoms with Gasteiger partial charge in [-0.3, -0.25) is 9.59 Å². The van der Waals surface area contributed by atoms with E-state index in [1.807, 2.05) is 12.1 Å². The molecule has 0 unspecified atom stereocenters. The second-order valence-corrected chi connectivity index (χ2v) is 5.35. The molecule has 0 aliphatic heterocycles. The van der Waals surface area contributed by atoms with Gasteiger partial charge in [0, 0.05) is 5.56 Å². The van der Waals surface area contributed by atoms with Crippen LogP contribution in [0, 0.1) is 0 Å². The largest absolute Gasteiger partial charge is 0.481 e. The summed E-state index contributed by atoms with van der Waals surface area (Å²) in [5, 5.41) is 9.41. The average molecular weight is 333 g/mol. The van der Waals surface area contributed by atoms with Crippen molar-refractivity contribution in [2.45, 2.75) is 10.7 Å². The first-order chi connectivity index (χ1) is 9.61. The quantitative estimate of drug-likeness (QED) is 0.673. The minimum Gasteiger partial charge on any atom is -0.481 e. The van der Waals surface area contributed by atoms with E-state index in [0.29, 0.717) is 11.1 Å². The van der Waals surface area contributed by atoms with E-state index >= 15 is 0 Å². The fourth-order valence-corrected chi connectivity index (χ4v) is 2.81. The molecule has 0 radical (unpaired) electrons. The van der Waals surface area contributed by atoms with Gasteiger partial charge in [-0.1, -0.05) is 76.6 Å². The molecule has 0 fully saturated rings. The predicted molar refractivity (Wildman–Crippen MR) is 80.3 cm³/mol. The zero-order valence-corrected chi connectivity index (χ0v) is 12.2. The molecule has 0 spiro atoms. The van der Waals surface area contributed by atoms with E-state index in [1.54, 1.807) is 48.5 Å². The number of carboxylic acid groups (broad SMARTS) is 1. The molecule has 0 saturated carbocycles. The smallest absolute Gasteiger partial charge is 0.312 e. The van der Waals surface area contributed by atoms with E-state index in [9.17, 15) is 14.7 Å². The number of carbonyl (C=O) groups is 2. The van der Waals surface area contributed by atoms with Crippen molar-refractivity contribution in [2.24, 2.45) is 0 Å². The van der Waals surface area contributed by atoms with Crippen molar-refractivity contribution >= 4 is 27.7 Å². The van der Waals surface area contributed by atoms with Crippen molar-refractivity contribution in [3.8, 4) is 0 Å². The van der Waals surface area contributed by atoms with Gasteiger partial charge in [0.05, 0.1) is 4.83 Å². The first-order valence-electron chi connectivity index (χ1n) is 6.12. The van der Waals surface area contributed by atoms with Crippen molar-refractivity contribution in [3.05, 3.63) is 71.8 Å². The highest BCUT2D eigenvalue weighted by atomic mass is 79.9. The molecule has 0 saturated heterocycles. The Labute approximate surface area is 125 Å². The van der Waals surface area contributed by atoms with Gasteiger partial charge < -0.3 is 5.11 Å². The molecule has 0 aromatic heterocycles. The van der Waals surface area contributed by atoms with E-state index in [-0.39, 0.29) is 5.78 Å². The number of benzene rings is 2. The molecule has 3 nitrogen and oxygen atoms in total. The number of halogens is 1. The summed E-state index contributed by atoms with van der Waals surface area (Å²) in [6, 6.07) is 17.4. The first kappa shape index (κ1) is 14.5. The maximum Gasteiger partial charge on any atom is 0.312 e. The Bertz CT molecular complexity index is 596. The topological polar surface area (TPSA) is 54.4 Å². The van der Waals surface area contributed by atoms with Crippen molar-refractivity contribution in [3.63, 3.8) is 0 Å². The maximum atomic E-state index is 12.4. The van der Waals surface area contributed by atoms with Gasteiger partial charge >= 0.3 is 5.97 Å². The second kappa shape index (κ2) is 6.48. The number of carboxylic acids is 1. The van der Waals surface area contributed by atoms with Gasteiger partial charge in [0.25, 0.3) is 0 Å². The standard InChI is InChI=1S/C16H13BrO3/c17-14(15(18)12-9-5-2-6-10-12)13(16(19)20)11-7-3-1-4-8-11/h1-10,13-14H,(H,19,20)/t13-,14-/m0/s1. The van der Waals surface area contributed by atoms with Crippen molar-refractivity contribution in [1.29, 1.82) is 0 Å². The zero-order valence-electron chi connectivity index (χ0n) is 10.6. The molecular formula is C16H13BrO3. The highest BCUT2D eigenvalue weighted by Crippen LogP contribution is 2.28. The van der Waals surface area contributed by atoms with E-state index in [4.69, 9.17) is 0 Å². The number of Topliss-reactive ketones (excluding diaryl/α,β-unsaturated/α-hetero) is 1. The Hall–Kier alpha value is -1.94. The number of ketones is 1. The third-order valence-corrected chi connectivity index (χ3v) is 3.97. The number of carbonyl (C=O) groups excluding carboxylic acids is 1. The van der Waals surface area contributed by atoms with Crippen LogP contribution in [0.15, 0.2) is 60.7 Å². The summed E-state index contributed by atoms with van der Waals surface area (Å²) in [5.41, 5.74) is 1.10. The number of hydrogen-bond donors (Lipinski definition) is 1. The molecule has 4 heteroatoms. The van der Waals surface area contributed by atoms with Crippen LogP contribution in [-0.4, -0.2) is 21.7 Å². The van der Waals surface area contributed by atoms with Gasteiger partial charge in [-0.2, -0.15) is 0 Å². The zero-order chi connectivity index (χ0) is 14.5. The minimum atomic E-state index is -1.03. The van der Waals surface area contributed by atoms with E-state index in [0.717, 1.165) is 0 Å². The molecule has 102 valence electrons. The highest BCUT2D eigenvalue weighted by molar-refractivity contribution is 9.10. The van der Waals surface area contributed by atoms with Gasteiger partial charge in [-0.25, -0.2) is 0 Å². The van der Waals surface area contributed by atoms with Crippen LogP contribution in [0.25, 0.3) is 0 Å². The molecule has 2 rings (SSSR count). The van der Waals surface area contributed by atoms with E-state index in [1.165, 1.54) is 0 Å². The van der Waals surface area contributed by atoms with Gasteiger partial charge in [0.15, 0.2) is 5.78 Å². The molecule has 0 heterocycles. The van der Waals surface area contributed by atoms with Crippen LogP contribution in [-0.2, 0) is 4.79 Å². The minimum absolute atomic E-state index is 0.234. The summed E-state index contributed by atoms with van der Waals surface area (Å²) < 4.78 is 0. The fraction of sp³-hybridized carbons (Fsp3) is 0.125. The molecule has 0 aliphatic carbocycles. The summed E-state index contributed by atoms with van der Waals surface area (Å²) >= 11 is 3.25. The van der Waals surface area contributed by atoms with Crippen LogP contribution in [0.4, 0.5) is 0 Å². The predicted octanol–water partition coefficient (Wildman–Crippen LogP) is 3.50. The summed E-state index contributed by atoms with van der Waals surface area (Å²) in [7, 11) is 0. The Morgan fingerprint density at radius 2 is 1.40 bits per heavy atom. The molecule has 1 N–H and O–H groups in total. The van der Waals surface area contributed by atoms with Crippen LogP contribution >= 0.6 is 15.9 Å². The highest BCUT2D eigenvalue weighted by Gasteiger charge is 2.33. The molecule has 0 amide bonds. The van der Waals surface area contributed by atoms with Crippen LogP contribution in [0.1, 0.15) is 21.8 Å². The molecule has 20 heavy (non-hydrogen) atoms. The lowest BCUT2D eigenvalue weighted by molar-refractivity contribution is -0.138.